The maximum absolute atomic E-state index is 6.05. The molecule has 0 bridgehead atoms. The van der Waals surface area contributed by atoms with E-state index in [2.05, 4.69) is 10.2 Å². The Kier molecular flexibility index (Phi) is 4.36. The van der Waals surface area contributed by atoms with Crippen LogP contribution in [0.4, 0.5) is 5.69 Å². The first kappa shape index (κ1) is 14.9. The van der Waals surface area contributed by atoms with E-state index in [1.54, 1.807) is 24.3 Å². The van der Waals surface area contributed by atoms with Crippen molar-refractivity contribution >= 4 is 34.5 Å². The van der Waals surface area contributed by atoms with Crippen molar-refractivity contribution in [2.45, 2.75) is 12.8 Å². The van der Waals surface area contributed by atoms with E-state index in [0.29, 0.717) is 33.7 Å². The van der Waals surface area contributed by atoms with Crippen LogP contribution in [0.5, 0.6) is 5.75 Å². The van der Waals surface area contributed by atoms with Crippen LogP contribution in [-0.4, -0.2) is 21.2 Å². The van der Waals surface area contributed by atoms with Crippen LogP contribution < -0.4 is 10.5 Å². The van der Waals surface area contributed by atoms with Gasteiger partial charge in [0, 0.05) is 17.6 Å². The second-order valence-corrected chi connectivity index (χ2v) is 5.64. The number of anilines is 1. The molecular weight excluding hydrogens is 323 g/mol. The normalized spacial score (nSPS) is 11.0. The first-order chi connectivity index (χ1) is 10.6. The van der Waals surface area contributed by atoms with Gasteiger partial charge in [-0.2, -0.15) is 0 Å². The van der Waals surface area contributed by atoms with Gasteiger partial charge in [0.05, 0.1) is 17.3 Å². The number of aryl methyl sites for hydroxylation is 1. The Bertz CT molecular complexity index is 803. The van der Waals surface area contributed by atoms with Gasteiger partial charge in [-0.1, -0.05) is 23.2 Å². The van der Waals surface area contributed by atoms with Crippen molar-refractivity contribution in [3.63, 3.8) is 0 Å². The zero-order valence-corrected chi connectivity index (χ0v) is 13.2. The van der Waals surface area contributed by atoms with Crippen molar-refractivity contribution in [2.24, 2.45) is 0 Å². The molecule has 3 rings (SSSR count). The van der Waals surface area contributed by atoms with Gasteiger partial charge in [-0.15, -0.1) is 10.2 Å². The maximum atomic E-state index is 6.05. The molecule has 3 aromatic rings. The minimum Gasteiger partial charge on any atom is -0.492 e. The smallest absolute Gasteiger partial charge is 0.183 e. The third-order valence-corrected chi connectivity index (χ3v) is 3.76. The molecule has 0 spiro atoms. The van der Waals surface area contributed by atoms with Crippen LogP contribution in [0.2, 0.25) is 10.0 Å². The number of nitrogen functional groups attached to an aromatic ring is 1. The molecule has 0 amide bonds. The Hall–Kier alpha value is -1.98. The monoisotopic (exact) mass is 336 g/mol. The Balaban J connectivity index is 1.59. The van der Waals surface area contributed by atoms with Crippen molar-refractivity contribution in [3.05, 3.63) is 52.4 Å². The van der Waals surface area contributed by atoms with Crippen molar-refractivity contribution in [1.29, 1.82) is 0 Å². The highest BCUT2D eigenvalue weighted by Crippen LogP contribution is 2.27. The SMILES string of the molecule is Nc1cccn2c(CCCOc3ccc(Cl)cc3Cl)nnc12. The largest absolute Gasteiger partial charge is 0.492 e. The fourth-order valence-electron chi connectivity index (χ4n) is 2.16. The Morgan fingerprint density at radius 3 is 2.86 bits per heavy atom. The zero-order valence-electron chi connectivity index (χ0n) is 11.7. The molecule has 0 aliphatic heterocycles. The summed E-state index contributed by atoms with van der Waals surface area (Å²) in [5.41, 5.74) is 7.15. The Labute approximate surface area is 137 Å². The molecule has 0 saturated heterocycles. The molecule has 114 valence electrons. The van der Waals surface area contributed by atoms with Gasteiger partial charge >= 0.3 is 0 Å². The van der Waals surface area contributed by atoms with Gasteiger partial charge in [0.2, 0.25) is 0 Å². The van der Waals surface area contributed by atoms with Gasteiger partial charge in [0.1, 0.15) is 11.6 Å². The predicted molar refractivity (Wildman–Crippen MR) is 87.7 cm³/mol. The average Bonchev–Trinajstić information content (AvgIpc) is 2.90. The first-order valence-corrected chi connectivity index (χ1v) is 7.56. The summed E-state index contributed by atoms with van der Waals surface area (Å²) in [7, 11) is 0. The fourth-order valence-corrected chi connectivity index (χ4v) is 2.62. The van der Waals surface area contributed by atoms with Crippen LogP contribution in [0, 0.1) is 0 Å². The molecule has 0 aliphatic carbocycles. The minimum absolute atomic E-state index is 0.508. The lowest BCUT2D eigenvalue weighted by Gasteiger charge is -2.07. The van der Waals surface area contributed by atoms with E-state index in [-0.39, 0.29) is 0 Å². The third kappa shape index (κ3) is 3.10. The second kappa shape index (κ2) is 6.42. The third-order valence-electron chi connectivity index (χ3n) is 3.23. The lowest BCUT2D eigenvalue weighted by atomic mass is 10.3. The number of rotatable bonds is 5. The highest BCUT2D eigenvalue weighted by molar-refractivity contribution is 6.35. The van der Waals surface area contributed by atoms with Gasteiger partial charge in [-0.25, -0.2) is 0 Å². The van der Waals surface area contributed by atoms with E-state index >= 15 is 0 Å². The van der Waals surface area contributed by atoms with Gasteiger partial charge < -0.3 is 10.5 Å². The van der Waals surface area contributed by atoms with E-state index in [0.717, 1.165) is 18.7 Å². The summed E-state index contributed by atoms with van der Waals surface area (Å²) >= 11 is 11.9. The molecule has 0 saturated carbocycles. The molecule has 7 heteroatoms. The van der Waals surface area contributed by atoms with Crippen molar-refractivity contribution in [2.75, 3.05) is 12.3 Å². The molecule has 2 N–H and O–H groups in total. The van der Waals surface area contributed by atoms with Gasteiger partial charge in [-0.05, 0) is 36.8 Å². The van der Waals surface area contributed by atoms with Crippen molar-refractivity contribution in [1.82, 2.24) is 14.6 Å². The zero-order chi connectivity index (χ0) is 15.5. The molecule has 0 aliphatic rings. The number of halogens is 2. The summed E-state index contributed by atoms with van der Waals surface area (Å²) in [5, 5.41) is 9.35. The topological polar surface area (TPSA) is 65.4 Å². The van der Waals surface area contributed by atoms with Crippen molar-refractivity contribution < 1.29 is 4.74 Å². The van der Waals surface area contributed by atoms with Crippen LogP contribution in [0.1, 0.15) is 12.2 Å². The van der Waals surface area contributed by atoms with Gasteiger partial charge in [0.25, 0.3) is 0 Å². The number of nitrogens with zero attached hydrogens (tertiary/aromatic N) is 3. The number of hydrogen-bond donors (Lipinski definition) is 1. The lowest BCUT2D eigenvalue weighted by Crippen LogP contribution is -2.02. The van der Waals surface area contributed by atoms with Crippen LogP contribution in [-0.2, 0) is 6.42 Å². The number of pyridine rings is 1. The molecule has 2 heterocycles. The van der Waals surface area contributed by atoms with Crippen LogP contribution in [0.25, 0.3) is 5.65 Å². The van der Waals surface area contributed by atoms with Crippen LogP contribution in [0.3, 0.4) is 0 Å². The number of aromatic nitrogens is 3. The van der Waals surface area contributed by atoms with E-state index in [1.807, 2.05) is 16.7 Å². The second-order valence-electron chi connectivity index (χ2n) is 4.80. The first-order valence-electron chi connectivity index (χ1n) is 6.81. The number of hydrogen-bond acceptors (Lipinski definition) is 4. The van der Waals surface area contributed by atoms with Crippen LogP contribution in [0.15, 0.2) is 36.5 Å². The fraction of sp³-hybridized carbons (Fsp3) is 0.200. The standard InChI is InChI=1S/C15H14Cl2N4O/c16-10-5-6-13(11(17)9-10)22-8-2-4-14-19-20-15-12(18)3-1-7-21(14)15/h1,3,5-7,9H,2,4,8,18H2. The Morgan fingerprint density at radius 1 is 1.18 bits per heavy atom. The molecule has 22 heavy (non-hydrogen) atoms. The summed E-state index contributed by atoms with van der Waals surface area (Å²) in [5.74, 6) is 1.48. The van der Waals surface area contributed by atoms with E-state index in [9.17, 15) is 0 Å². The van der Waals surface area contributed by atoms with E-state index in [1.165, 1.54) is 0 Å². The minimum atomic E-state index is 0.508. The van der Waals surface area contributed by atoms with E-state index in [4.69, 9.17) is 33.7 Å². The summed E-state index contributed by atoms with van der Waals surface area (Å²) in [6, 6.07) is 8.85. The number of ether oxygens (including phenoxy) is 1. The average molecular weight is 337 g/mol. The number of nitrogens with two attached hydrogens (primary N) is 1. The molecule has 1 aromatic carbocycles. The van der Waals surface area contributed by atoms with Gasteiger partial charge in [-0.3, -0.25) is 4.40 Å². The number of benzene rings is 1. The summed E-state index contributed by atoms with van der Waals surface area (Å²) in [6.45, 7) is 0.526. The Morgan fingerprint density at radius 2 is 2.05 bits per heavy atom. The highest BCUT2D eigenvalue weighted by Gasteiger charge is 2.07. The van der Waals surface area contributed by atoms with E-state index < -0.39 is 0 Å². The molecule has 0 fully saturated rings. The lowest BCUT2D eigenvalue weighted by molar-refractivity contribution is 0.310. The molecule has 0 radical (unpaired) electrons. The number of fused-ring (bicyclic) bond motifs is 1. The molecule has 0 atom stereocenters. The highest BCUT2D eigenvalue weighted by atomic mass is 35.5. The summed E-state index contributed by atoms with van der Waals surface area (Å²) in [4.78, 5) is 0. The molecule has 5 nitrogen and oxygen atoms in total. The van der Waals surface area contributed by atoms with Crippen molar-refractivity contribution in [3.8, 4) is 5.75 Å². The summed E-state index contributed by atoms with van der Waals surface area (Å²) in [6.07, 6.45) is 3.42. The summed E-state index contributed by atoms with van der Waals surface area (Å²) < 4.78 is 7.55. The molecule has 0 unspecified atom stereocenters. The van der Waals surface area contributed by atoms with Crippen LogP contribution >= 0.6 is 23.2 Å². The molecule has 2 aromatic heterocycles. The quantitative estimate of drug-likeness (QED) is 0.722. The maximum Gasteiger partial charge on any atom is 0.183 e. The van der Waals surface area contributed by atoms with Gasteiger partial charge in [0.15, 0.2) is 5.65 Å². The molecular formula is C15H14Cl2N4O. The predicted octanol–water partition coefficient (Wildman–Crippen LogP) is 3.63.